The van der Waals surface area contributed by atoms with Crippen LogP contribution in [0.15, 0.2) is 36.4 Å². The number of aryl methyl sites for hydroxylation is 2. The van der Waals surface area contributed by atoms with E-state index in [1.807, 2.05) is 31.2 Å². The van der Waals surface area contributed by atoms with Gasteiger partial charge in [-0.1, -0.05) is 17.7 Å². The summed E-state index contributed by atoms with van der Waals surface area (Å²) in [5, 5.41) is 0.752. The molecule has 0 aromatic heterocycles. The van der Waals surface area contributed by atoms with Crippen LogP contribution in [-0.2, 0) is 17.8 Å². The SMILES string of the molecule is COc1ccc(CCCN2CCOCC2)cc1COc1ccc(Cl)c(C)c1. The Labute approximate surface area is 167 Å². The van der Waals surface area contributed by atoms with Crippen LogP contribution < -0.4 is 9.47 Å². The van der Waals surface area contributed by atoms with Crippen molar-refractivity contribution < 1.29 is 14.2 Å². The number of hydrogen-bond acceptors (Lipinski definition) is 4. The number of nitrogens with zero attached hydrogens (tertiary/aromatic N) is 1. The molecule has 1 fully saturated rings. The molecule has 0 saturated carbocycles. The predicted molar refractivity (Wildman–Crippen MR) is 109 cm³/mol. The van der Waals surface area contributed by atoms with E-state index in [1.54, 1.807) is 7.11 Å². The highest BCUT2D eigenvalue weighted by atomic mass is 35.5. The Morgan fingerprint density at radius 3 is 2.67 bits per heavy atom. The first-order valence-corrected chi connectivity index (χ1v) is 9.88. The molecule has 2 aromatic rings. The maximum absolute atomic E-state index is 6.08. The Bertz CT molecular complexity index is 744. The fourth-order valence-electron chi connectivity index (χ4n) is 3.30. The minimum atomic E-state index is 0.474. The van der Waals surface area contributed by atoms with Crippen molar-refractivity contribution in [2.45, 2.75) is 26.4 Å². The topological polar surface area (TPSA) is 30.9 Å². The smallest absolute Gasteiger partial charge is 0.125 e. The van der Waals surface area contributed by atoms with Crippen molar-refractivity contribution in [1.29, 1.82) is 0 Å². The molecule has 1 heterocycles. The predicted octanol–water partition coefficient (Wildman–Crippen LogP) is 4.50. The molecule has 2 aromatic carbocycles. The third kappa shape index (κ3) is 5.86. The van der Waals surface area contributed by atoms with Crippen LogP contribution in [0.1, 0.15) is 23.1 Å². The van der Waals surface area contributed by atoms with E-state index in [1.165, 1.54) is 5.56 Å². The number of halogens is 1. The van der Waals surface area contributed by atoms with Gasteiger partial charge in [0.15, 0.2) is 0 Å². The Balaban J connectivity index is 1.58. The molecule has 3 rings (SSSR count). The molecule has 0 radical (unpaired) electrons. The summed E-state index contributed by atoms with van der Waals surface area (Å²) in [6, 6.07) is 12.1. The summed E-state index contributed by atoms with van der Waals surface area (Å²) in [6.07, 6.45) is 2.19. The quantitative estimate of drug-likeness (QED) is 0.665. The first-order valence-electron chi connectivity index (χ1n) is 9.50. The van der Waals surface area contributed by atoms with E-state index < -0.39 is 0 Å². The molecule has 146 valence electrons. The number of ether oxygens (including phenoxy) is 3. The third-order valence-corrected chi connectivity index (χ3v) is 5.34. The highest BCUT2D eigenvalue weighted by Gasteiger charge is 2.10. The zero-order valence-electron chi connectivity index (χ0n) is 16.2. The fourth-order valence-corrected chi connectivity index (χ4v) is 3.42. The maximum atomic E-state index is 6.08. The van der Waals surface area contributed by atoms with Crippen molar-refractivity contribution in [3.8, 4) is 11.5 Å². The van der Waals surface area contributed by atoms with Crippen LogP contribution in [0, 0.1) is 6.92 Å². The van der Waals surface area contributed by atoms with Crippen LogP contribution in [0.2, 0.25) is 5.02 Å². The molecule has 0 bridgehead atoms. The lowest BCUT2D eigenvalue weighted by molar-refractivity contribution is 0.0374. The second kappa shape index (κ2) is 9.98. The normalized spacial score (nSPS) is 14.9. The molecule has 0 aliphatic carbocycles. The molecule has 4 nitrogen and oxygen atoms in total. The van der Waals surface area contributed by atoms with Gasteiger partial charge in [0.25, 0.3) is 0 Å². The van der Waals surface area contributed by atoms with Gasteiger partial charge in [-0.25, -0.2) is 0 Å². The van der Waals surface area contributed by atoms with E-state index in [0.29, 0.717) is 6.61 Å². The van der Waals surface area contributed by atoms with Crippen molar-refractivity contribution in [1.82, 2.24) is 4.90 Å². The Hall–Kier alpha value is -1.75. The van der Waals surface area contributed by atoms with Crippen LogP contribution in [0.5, 0.6) is 11.5 Å². The molecule has 0 atom stereocenters. The fraction of sp³-hybridized carbons (Fsp3) is 0.455. The molecule has 1 saturated heterocycles. The van der Waals surface area contributed by atoms with E-state index in [4.69, 9.17) is 25.8 Å². The molecular weight excluding hydrogens is 362 g/mol. The highest BCUT2D eigenvalue weighted by Crippen LogP contribution is 2.25. The molecule has 0 N–H and O–H groups in total. The standard InChI is InChI=1S/C22H28ClNO3/c1-17-14-20(6-7-21(17)23)27-16-19-15-18(5-8-22(19)25-2)4-3-9-24-10-12-26-13-11-24/h5-8,14-15H,3-4,9-13,16H2,1-2H3. The Morgan fingerprint density at radius 1 is 1.11 bits per heavy atom. The zero-order chi connectivity index (χ0) is 19.1. The van der Waals surface area contributed by atoms with Crippen LogP contribution in [0.4, 0.5) is 0 Å². The van der Waals surface area contributed by atoms with Crippen molar-refractivity contribution in [3.05, 3.63) is 58.1 Å². The second-order valence-corrected chi connectivity index (χ2v) is 7.31. The van der Waals surface area contributed by atoms with Gasteiger partial charge in [0, 0.05) is 23.7 Å². The summed E-state index contributed by atoms with van der Waals surface area (Å²) in [4.78, 5) is 2.47. The molecular formula is C22H28ClNO3. The molecule has 27 heavy (non-hydrogen) atoms. The van der Waals surface area contributed by atoms with Gasteiger partial charge in [-0.15, -0.1) is 0 Å². The summed E-state index contributed by atoms with van der Waals surface area (Å²) < 4.78 is 16.9. The van der Waals surface area contributed by atoms with Gasteiger partial charge < -0.3 is 14.2 Å². The average Bonchev–Trinajstić information content (AvgIpc) is 2.70. The average molecular weight is 390 g/mol. The minimum Gasteiger partial charge on any atom is -0.496 e. The minimum absolute atomic E-state index is 0.474. The molecule has 0 spiro atoms. The molecule has 1 aliphatic heterocycles. The number of morpholine rings is 1. The zero-order valence-corrected chi connectivity index (χ0v) is 16.9. The van der Waals surface area contributed by atoms with E-state index in [2.05, 4.69) is 17.0 Å². The van der Waals surface area contributed by atoms with Gasteiger partial charge in [0.1, 0.15) is 18.1 Å². The number of benzene rings is 2. The lowest BCUT2D eigenvalue weighted by atomic mass is 10.1. The molecule has 0 unspecified atom stereocenters. The lowest BCUT2D eigenvalue weighted by Crippen LogP contribution is -2.36. The number of methoxy groups -OCH3 is 1. The van der Waals surface area contributed by atoms with Gasteiger partial charge >= 0.3 is 0 Å². The van der Waals surface area contributed by atoms with Gasteiger partial charge in [-0.2, -0.15) is 0 Å². The van der Waals surface area contributed by atoms with Crippen molar-refractivity contribution in [2.75, 3.05) is 40.0 Å². The number of hydrogen-bond donors (Lipinski definition) is 0. The molecule has 5 heteroatoms. The van der Waals surface area contributed by atoms with Gasteiger partial charge in [-0.3, -0.25) is 4.90 Å². The summed E-state index contributed by atoms with van der Waals surface area (Å²) in [7, 11) is 1.70. The molecule has 1 aliphatic rings. The summed E-state index contributed by atoms with van der Waals surface area (Å²) in [6.45, 7) is 7.37. The van der Waals surface area contributed by atoms with E-state index in [-0.39, 0.29) is 0 Å². The largest absolute Gasteiger partial charge is 0.496 e. The maximum Gasteiger partial charge on any atom is 0.125 e. The van der Waals surface area contributed by atoms with Crippen molar-refractivity contribution in [3.63, 3.8) is 0 Å². The van der Waals surface area contributed by atoms with Crippen molar-refractivity contribution >= 4 is 11.6 Å². The summed E-state index contributed by atoms with van der Waals surface area (Å²) in [5.74, 6) is 1.68. The van der Waals surface area contributed by atoms with Gasteiger partial charge in [-0.05, 0) is 67.8 Å². The van der Waals surface area contributed by atoms with Gasteiger partial charge in [0.05, 0.1) is 20.3 Å². The highest BCUT2D eigenvalue weighted by molar-refractivity contribution is 6.31. The van der Waals surface area contributed by atoms with Crippen LogP contribution >= 0.6 is 11.6 Å². The molecule has 0 amide bonds. The Kier molecular flexibility index (Phi) is 7.39. The van der Waals surface area contributed by atoms with Gasteiger partial charge in [0.2, 0.25) is 0 Å². The van der Waals surface area contributed by atoms with Crippen LogP contribution in [0.25, 0.3) is 0 Å². The van der Waals surface area contributed by atoms with Crippen LogP contribution in [-0.4, -0.2) is 44.9 Å². The second-order valence-electron chi connectivity index (χ2n) is 6.90. The van der Waals surface area contributed by atoms with Crippen molar-refractivity contribution in [2.24, 2.45) is 0 Å². The third-order valence-electron chi connectivity index (χ3n) is 4.91. The van der Waals surface area contributed by atoms with E-state index >= 15 is 0 Å². The monoisotopic (exact) mass is 389 g/mol. The Morgan fingerprint density at radius 2 is 1.93 bits per heavy atom. The van der Waals surface area contributed by atoms with E-state index in [9.17, 15) is 0 Å². The first-order chi connectivity index (χ1) is 13.2. The first kappa shape index (κ1) is 20.0. The number of rotatable bonds is 8. The summed E-state index contributed by atoms with van der Waals surface area (Å²) >= 11 is 6.08. The van der Waals surface area contributed by atoms with E-state index in [0.717, 1.165) is 73.3 Å². The lowest BCUT2D eigenvalue weighted by Gasteiger charge is -2.26. The van der Waals surface area contributed by atoms with Crippen LogP contribution in [0.3, 0.4) is 0 Å². The summed E-state index contributed by atoms with van der Waals surface area (Å²) in [5.41, 5.74) is 3.39.